The first kappa shape index (κ1) is 19.1. The van der Waals surface area contributed by atoms with Crippen LogP contribution in [0.1, 0.15) is 74.5 Å². The second kappa shape index (κ2) is 8.87. The van der Waals surface area contributed by atoms with E-state index in [0.717, 1.165) is 40.5 Å². The molecule has 2 aromatic carbocycles. The summed E-state index contributed by atoms with van der Waals surface area (Å²) in [5, 5.41) is 0. The highest BCUT2D eigenvalue weighted by atomic mass is 16.5. The van der Waals surface area contributed by atoms with Crippen LogP contribution in [0.15, 0.2) is 48.5 Å². The van der Waals surface area contributed by atoms with Gasteiger partial charge in [-0.25, -0.2) is 0 Å². The highest BCUT2D eigenvalue weighted by molar-refractivity contribution is 5.45. The standard InChI is InChI=1S/C27H32O/c1-3-20-6-13-26-19-25(15-14-24(26)18-20)23-11-7-21(8-12-23)4-5-22-9-16-27(28-2)17-10-22/h7-12,16-17,20,24-26H,3,6,13-15,18-19H2,1-2H3. The summed E-state index contributed by atoms with van der Waals surface area (Å²) in [6.45, 7) is 2.37. The lowest BCUT2D eigenvalue weighted by atomic mass is 9.63. The normalized spacial score (nSPS) is 26.6. The summed E-state index contributed by atoms with van der Waals surface area (Å²) in [6, 6.07) is 17.0. The van der Waals surface area contributed by atoms with E-state index in [1.54, 1.807) is 7.11 Å². The summed E-state index contributed by atoms with van der Waals surface area (Å²) >= 11 is 0. The maximum absolute atomic E-state index is 5.20. The summed E-state index contributed by atoms with van der Waals surface area (Å²) in [6.07, 6.45) is 10.0. The third kappa shape index (κ3) is 4.44. The molecular formula is C27H32O. The smallest absolute Gasteiger partial charge is 0.118 e. The SMILES string of the molecule is CCC1CCC2CC(c3ccc(C#Cc4ccc(OC)cc4)cc3)CCC2C1. The zero-order chi connectivity index (χ0) is 19.3. The Morgan fingerprint density at radius 3 is 2.04 bits per heavy atom. The molecule has 2 fully saturated rings. The van der Waals surface area contributed by atoms with Crippen molar-refractivity contribution < 1.29 is 4.74 Å². The fraction of sp³-hybridized carbons (Fsp3) is 0.481. The molecule has 0 N–H and O–H groups in total. The molecule has 0 amide bonds. The summed E-state index contributed by atoms with van der Waals surface area (Å²) in [5.74, 6) is 11.1. The minimum atomic E-state index is 0.753. The van der Waals surface area contributed by atoms with Gasteiger partial charge in [-0.3, -0.25) is 0 Å². The van der Waals surface area contributed by atoms with Crippen LogP contribution in [0, 0.1) is 29.6 Å². The lowest BCUT2D eigenvalue weighted by molar-refractivity contribution is 0.116. The van der Waals surface area contributed by atoms with Gasteiger partial charge in [0.25, 0.3) is 0 Å². The minimum absolute atomic E-state index is 0.753. The third-order valence-electron chi connectivity index (χ3n) is 7.12. The summed E-state index contributed by atoms with van der Waals surface area (Å²) in [7, 11) is 1.69. The largest absolute Gasteiger partial charge is 0.497 e. The van der Waals surface area contributed by atoms with E-state index in [2.05, 4.69) is 43.0 Å². The molecule has 4 rings (SSSR count). The Hall–Kier alpha value is -2.20. The fourth-order valence-corrected chi connectivity index (χ4v) is 5.32. The van der Waals surface area contributed by atoms with E-state index in [1.165, 1.54) is 50.5 Å². The van der Waals surface area contributed by atoms with Crippen LogP contribution in [0.25, 0.3) is 0 Å². The topological polar surface area (TPSA) is 9.23 Å². The molecule has 0 heterocycles. The molecule has 0 saturated heterocycles. The Labute approximate surface area is 170 Å². The van der Waals surface area contributed by atoms with E-state index in [-0.39, 0.29) is 0 Å². The van der Waals surface area contributed by atoms with Crippen molar-refractivity contribution in [2.75, 3.05) is 7.11 Å². The van der Waals surface area contributed by atoms with Crippen molar-refractivity contribution in [1.29, 1.82) is 0 Å². The van der Waals surface area contributed by atoms with Gasteiger partial charge in [-0.1, -0.05) is 43.7 Å². The van der Waals surface area contributed by atoms with Crippen LogP contribution in [-0.4, -0.2) is 7.11 Å². The van der Waals surface area contributed by atoms with Gasteiger partial charge in [0.2, 0.25) is 0 Å². The van der Waals surface area contributed by atoms with E-state index in [9.17, 15) is 0 Å². The van der Waals surface area contributed by atoms with Gasteiger partial charge in [0.15, 0.2) is 0 Å². The molecule has 28 heavy (non-hydrogen) atoms. The molecule has 2 aliphatic rings. The van der Waals surface area contributed by atoms with Gasteiger partial charge in [0.05, 0.1) is 7.11 Å². The average Bonchev–Trinajstić information content (AvgIpc) is 2.77. The third-order valence-corrected chi connectivity index (χ3v) is 7.12. The van der Waals surface area contributed by atoms with Crippen molar-refractivity contribution in [2.45, 2.75) is 57.8 Å². The molecule has 2 aromatic rings. The van der Waals surface area contributed by atoms with Gasteiger partial charge in [-0.2, -0.15) is 0 Å². The number of rotatable bonds is 3. The lowest BCUT2D eigenvalue weighted by Crippen LogP contribution is -2.30. The van der Waals surface area contributed by atoms with E-state index in [1.807, 2.05) is 24.3 Å². The van der Waals surface area contributed by atoms with Gasteiger partial charge >= 0.3 is 0 Å². The fourth-order valence-electron chi connectivity index (χ4n) is 5.32. The molecular weight excluding hydrogens is 340 g/mol. The number of hydrogen-bond acceptors (Lipinski definition) is 1. The van der Waals surface area contributed by atoms with Crippen LogP contribution >= 0.6 is 0 Å². The second-order valence-electron chi connectivity index (χ2n) is 8.72. The van der Waals surface area contributed by atoms with Gasteiger partial charge in [-0.05, 0) is 97.7 Å². The molecule has 0 aromatic heterocycles. The molecule has 2 aliphatic carbocycles. The Morgan fingerprint density at radius 1 is 0.786 bits per heavy atom. The molecule has 1 nitrogen and oxygen atoms in total. The van der Waals surface area contributed by atoms with Crippen LogP contribution in [0.5, 0.6) is 5.75 Å². The quantitative estimate of drug-likeness (QED) is 0.538. The van der Waals surface area contributed by atoms with Crippen LogP contribution in [0.4, 0.5) is 0 Å². The minimum Gasteiger partial charge on any atom is -0.497 e. The Balaban J connectivity index is 1.38. The van der Waals surface area contributed by atoms with Crippen molar-refractivity contribution >= 4 is 0 Å². The predicted molar refractivity (Wildman–Crippen MR) is 117 cm³/mol. The predicted octanol–water partition coefficient (Wildman–Crippen LogP) is 6.81. The van der Waals surface area contributed by atoms with Crippen molar-refractivity contribution in [1.82, 2.24) is 0 Å². The molecule has 4 atom stereocenters. The van der Waals surface area contributed by atoms with E-state index < -0.39 is 0 Å². The van der Waals surface area contributed by atoms with Crippen LogP contribution in [-0.2, 0) is 0 Å². The van der Waals surface area contributed by atoms with Crippen molar-refractivity contribution in [3.8, 4) is 17.6 Å². The van der Waals surface area contributed by atoms with Crippen LogP contribution in [0.3, 0.4) is 0 Å². The molecule has 0 bridgehead atoms. The number of methoxy groups -OCH3 is 1. The Kier molecular flexibility index (Phi) is 6.06. The summed E-state index contributed by atoms with van der Waals surface area (Å²) in [5.41, 5.74) is 3.63. The van der Waals surface area contributed by atoms with Crippen molar-refractivity contribution in [3.63, 3.8) is 0 Å². The van der Waals surface area contributed by atoms with Gasteiger partial charge in [0.1, 0.15) is 5.75 Å². The average molecular weight is 373 g/mol. The van der Waals surface area contributed by atoms with E-state index in [0.29, 0.717) is 0 Å². The maximum atomic E-state index is 5.20. The number of ether oxygens (including phenoxy) is 1. The lowest BCUT2D eigenvalue weighted by Gasteiger charge is -2.42. The maximum Gasteiger partial charge on any atom is 0.118 e. The number of fused-ring (bicyclic) bond motifs is 1. The van der Waals surface area contributed by atoms with Gasteiger partial charge < -0.3 is 4.74 Å². The number of hydrogen-bond donors (Lipinski definition) is 0. The van der Waals surface area contributed by atoms with Gasteiger partial charge in [0, 0.05) is 11.1 Å². The summed E-state index contributed by atoms with van der Waals surface area (Å²) < 4.78 is 5.20. The zero-order valence-corrected chi connectivity index (χ0v) is 17.3. The monoisotopic (exact) mass is 372 g/mol. The van der Waals surface area contributed by atoms with Crippen molar-refractivity contribution in [2.24, 2.45) is 17.8 Å². The Bertz CT molecular complexity index is 821. The molecule has 0 radical (unpaired) electrons. The Morgan fingerprint density at radius 2 is 1.39 bits per heavy atom. The number of benzene rings is 2. The van der Waals surface area contributed by atoms with Crippen LogP contribution in [0.2, 0.25) is 0 Å². The second-order valence-corrected chi connectivity index (χ2v) is 8.72. The molecule has 4 unspecified atom stereocenters. The highest BCUT2D eigenvalue weighted by Gasteiger charge is 2.35. The first-order chi connectivity index (χ1) is 13.7. The van der Waals surface area contributed by atoms with Crippen molar-refractivity contribution in [3.05, 3.63) is 65.2 Å². The molecule has 2 saturated carbocycles. The summed E-state index contributed by atoms with van der Waals surface area (Å²) in [4.78, 5) is 0. The first-order valence-electron chi connectivity index (χ1n) is 11.0. The van der Waals surface area contributed by atoms with E-state index in [4.69, 9.17) is 4.74 Å². The van der Waals surface area contributed by atoms with Gasteiger partial charge in [-0.15, -0.1) is 0 Å². The molecule has 1 heteroatoms. The van der Waals surface area contributed by atoms with Crippen LogP contribution < -0.4 is 4.74 Å². The zero-order valence-electron chi connectivity index (χ0n) is 17.3. The molecule has 0 aliphatic heterocycles. The first-order valence-corrected chi connectivity index (χ1v) is 11.0. The highest BCUT2D eigenvalue weighted by Crippen LogP contribution is 2.48. The molecule has 146 valence electrons. The van der Waals surface area contributed by atoms with E-state index >= 15 is 0 Å². The molecule has 0 spiro atoms.